The molecular weight excluding hydrogens is 313 g/mol. The summed E-state index contributed by atoms with van der Waals surface area (Å²) in [4.78, 5) is 23.1. The molecule has 7 nitrogen and oxygen atoms in total. The van der Waals surface area contributed by atoms with Gasteiger partial charge in [-0.25, -0.2) is 9.59 Å². The number of carboxylic acids is 1. The molecule has 0 saturated heterocycles. The van der Waals surface area contributed by atoms with Crippen LogP contribution in [0.1, 0.15) is 31.9 Å². The summed E-state index contributed by atoms with van der Waals surface area (Å²) in [6.07, 6.45) is -0.0242. The van der Waals surface area contributed by atoms with Crippen LogP contribution in [0.25, 0.3) is 0 Å². The molecule has 0 aliphatic heterocycles. The van der Waals surface area contributed by atoms with Crippen LogP contribution in [0.4, 0.5) is 4.79 Å². The molecule has 1 aromatic carbocycles. The van der Waals surface area contributed by atoms with Gasteiger partial charge in [-0.3, -0.25) is 0 Å². The van der Waals surface area contributed by atoms with Crippen LogP contribution in [0.2, 0.25) is 6.32 Å². The number of ether oxygens (including phenoxy) is 1. The van der Waals surface area contributed by atoms with Crippen LogP contribution in [-0.2, 0) is 22.4 Å². The Morgan fingerprint density at radius 2 is 1.88 bits per heavy atom. The van der Waals surface area contributed by atoms with Crippen molar-refractivity contribution in [2.45, 2.75) is 51.6 Å². The van der Waals surface area contributed by atoms with Crippen molar-refractivity contribution < 1.29 is 29.5 Å². The normalized spacial score (nSPS) is 12.4. The van der Waals surface area contributed by atoms with Crippen molar-refractivity contribution in [3.8, 4) is 0 Å². The molecule has 0 radical (unpaired) electrons. The van der Waals surface area contributed by atoms with Crippen molar-refractivity contribution in [3.05, 3.63) is 35.4 Å². The molecule has 0 saturated carbocycles. The number of carbonyl (C=O) groups is 2. The number of amides is 1. The quantitative estimate of drug-likeness (QED) is 0.556. The van der Waals surface area contributed by atoms with Gasteiger partial charge in [-0.2, -0.15) is 0 Å². The zero-order valence-electron chi connectivity index (χ0n) is 14.2. The maximum Gasteiger partial charge on any atom is 0.451 e. The van der Waals surface area contributed by atoms with Gasteiger partial charge in [0, 0.05) is 6.42 Å². The van der Waals surface area contributed by atoms with E-state index in [0.29, 0.717) is 6.42 Å². The van der Waals surface area contributed by atoms with Crippen LogP contribution in [0.5, 0.6) is 0 Å². The van der Waals surface area contributed by atoms with Gasteiger partial charge in [-0.05, 0) is 44.6 Å². The molecule has 0 fully saturated rings. The highest BCUT2D eigenvalue weighted by atomic mass is 16.6. The highest BCUT2D eigenvalue weighted by Crippen LogP contribution is 2.12. The number of benzene rings is 1. The van der Waals surface area contributed by atoms with Crippen molar-refractivity contribution in [2.75, 3.05) is 0 Å². The van der Waals surface area contributed by atoms with Crippen LogP contribution in [0, 0.1) is 0 Å². The smallest absolute Gasteiger partial charge is 0.451 e. The molecule has 8 heteroatoms. The largest absolute Gasteiger partial charge is 0.480 e. The third-order valence-electron chi connectivity index (χ3n) is 3.11. The number of hydrogen-bond donors (Lipinski definition) is 4. The maximum atomic E-state index is 11.8. The minimum absolute atomic E-state index is 0.101. The predicted molar refractivity (Wildman–Crippen MR) is 89.6 cm³/mol. The summed E-state index contributed by atoms with van der Waals surface area (Å²) in [6.45, 7) is 5.09. The van der Waals surface area contributed by atoms with Crippen LogP contribution in [0.15, 0.2) is 24.3 Å². The fourth-order valence-electron chi connectivity index (χ4n) is 2.09. The van der Waals surface area contributed by atoms with E-state index in [0.717, 1.165) is 11.1 Å². The number of carbonyl (C=O) groups excluding carboxylic acids is 1. The molecular formula is C16H24BNO6. The van der Waals surface area contributed by atoms with Crippen molar-refractivity contribution in [1.29, 1.82) is 0 Å². The maximum absolute atomic E-state index is 11.8. The van der Waals surface area contributed by atoms with Crippen LogP contribution < -0.4 is 5.32 Å². The molecule has 1 rings (SSSR count). The average Bonchev–Trinajstić information content (AvgIpc) is 2.42. The molecule has 1 aromatic rings. The molecule has 24 heavy (non-hydrogen) atoms. The summed E-state index contributed by atoms with van der Waals surface area (Å²) in [5.74, 6) is -1.16. The first-order chi connectivity index (χ1) is 11.1. The van der Waals surface area contributed by atoms with E-state index in [9.17, 15) is 14.7 Å². The lowest BCUT2D eigenvalue weighted by Crippen LogP contribution is -2.44. The van der Waals surface area contributed by atoms with Crippen molar-refractivity contribution in [2.24, 2.45) is 0 Å². The summed E-state index contributed by atoms with van der Waals surface area (Å²) in [6, 6.07) is 6.02. The fourth-order valence-corrected chi connectivity index (χ4v) is 2.09. The highest BCUT2D eigenvalue weighted by molar-refractivity contribution is 6.40. The van der Waals surface area contributed by atoms with E-state index < -0.39 is 30.8 Å². The number of alkyl carbamates (subject to hydrolysis) is 1. The molecule has 132 valence electrons. The summed E-state index contributed by atoms with van der Waals surface area (Å²) in [5, 5.41) is 29.5. The Hall–Kier alpha value is -2.06. The summed E-state index contributed by atoms with van der Waals surface area (Å²) >= 11 is 0. The van der Waals surface area contributed by atoms with Crippen molar-refractivity contribution >= 4 is 19.2 Å². The zero-order valence-corrected chi connectivity index (χ0v) is 14.2. The fraction of sp³-hybridized carbons (Fsp3) is 0.500. The minimum Gasteiger partial charge on any atom is -0.480 e. The summed E-state index contributed by atoms with van der Waals surface area (Å²) in [5.41, 5.74) is 0.878. The first kappa shape index (κ1) is 20.0. The number of hydrogen-bond acceptors (Lipinski definition) is 5. The van der Waals surface area contributed by atoms with E-state index in [2.05, 4.69) is 5.32 Å². The minimum atomic E-state index is -1.38. The molecule has 4 N–H and O–H groups in total. The first-order valence-corrected chi connectivity index (χ1v) is 7.73. The first-order valence-electron chi connectivity index (χ1n) is 7.73. The third-order valence-corrected chi connectivity index (χ3v) is 3.11. The van der Waals surface area contributed by atoms with Gasteiger partial charge in [0.15, 0.2) is 0 Å². The molecule has 1 atom stereocenters. The van der Waals surface area contributed by atoms with Gasteiger partial charge in [0.2, 0.25) is 0 Å². The van der Waals surface area contributed by atoms with Gasteiger partial charge in [-0.1, -0.05) is 24.3 Å². The second kappa shape index (κ2) is 8.70. The topological polar surface area (TPSA) is 116 Å². The Balaban J connectivity index is 2.73. The second-order valence-electron chi connectivity index (χ2n) is 6.58. The number of nitrogens with one attached hydrogen (secondary N) is 1. The lowest BCUT2D eigenvalue weighted by molar-refractivity contribution is -0.139. The van der Waals surface area contributed by atoms with Gasteiger partial charge >= 0.3 is 19.2 Å². The summed E-state index contributed by atoms with van der Waals surface area (Å²) in [7, 11) is -1.38. The van der Waals surface area contributed by atoms with E-state index in [1.54, 1.807) is 39.0 Å². The van der Waals surface area contributed by atoms with Gasteiger partial charge in [0.1, 0.15) is 11.6 Å². The van der Waals surface area contributed by atoms with E-state index in [1.807, 2.05) is 6.07 Å². The number of carboxylic acid groups (broad SMARTS) is 1. The lowest BCUT2D eigenvalue weighted by atomic mass is 9.82. The molecule has 0 aromatic heterocycles. The van der Waals surface area contributed by atoms with Crippen LogP contribution in [0.3, 0.4) is 0 Å². The average molecular weight is 337 g/mol. The Kier molecular flexibility index (Phi) is 7.25. The molecule has 0 aliphatic carbocycles. The van der Waals surface area contributed by atoms with Crippen molar-refractivity contribution in [3.63, 3.8) is 0 Å². The van der Waals surface area contributed by atoms with E-state index in [4.69, 9.17) is 14.8 Å². The van der Waals surface area contributed by atoms with Gasteiger partial charge < -0.3 is 25.2 Å². The van der Waals surface area contributed by atoms with Gasteiger partial charge in [0.25, 0.3) is 0 Å². The number of aliphatic carboxylic acids is 1. The number of aryl methyl sites for hydroxylation is 1. The molecule has 0 bridgehead atoms. The molecule has 0 heterocycles. The molecule has 0 spiro atoms. The highest BCUT2D eigenvalue weighted by Gasteiger charge is 2.24. The van der Waals surface area contributed by atoms with Crippen molar-refractivity contribution in [1.82, 2.24) is 5.32 Å². The monoisotopic (exact) mass is 337 g/mol. The van der Waals surface area contributed by atoms with Crippen LogP contribution >= 0.6 is 0 Å². The third kappa shape index (κ3) is 7.98. The SMILES string of the molecule is CC(C)(C)OC(=O)NC(Cc1cccc(CCB(O)O)c1)C(=O)O. The van der Waals surface area contributed by atoms with E-state index in [1.165, 1.54) is 0 Å². The Labute approximate surface area is 141 Å². The molecule has 1 unspecified atom stereocenters. The van der Waals surface area contributed by atoms with E-state index >= 15 is 0 Å². The van der Waals surface area contributed by atoms with E-state index in [-0.39, 0.29) is 12.7 Å². The zero-order chi connectivity index (χ0) is 18.3. The van der Waals surface area contributed by atoms with Gasteiger partial charge in [0.05, 0.1) is 0 Å². The Morgan fingerprint density at radius 3 is 2.42 bits per heavy atom. The Bertz CT molecular complexity index is 570. The number of rotatable bonds is 7. The molecule has 1 amide bonds. The van der Waals surface area contributed by atoms with Crippen LogP contribution in [-0.4, -0.2) is 46.0 Å². The standard InChI is InChI=1S/C16H24BNO6/c1-16(2,3)24-15(21)18-13(14(19)20)10-12-6-4-5-11(9-12)7-8-17(22)23/h4-6,9,13,22-23H,7-8,10H2,1-3H3,(H,18,21)(H,19,20). The lowest BCUT2D eigenvalue weighted by Gasteiger charge is -2.22. The molecule has 0 aliphatic rings. The summed E-state index contributed by atoms with van der Waals surface area (Å²) < 4.78 is 5.08. The second-order valence-corrected chi connectivity index (χ2v) is 6.58. The van der Waals surface area contributed by atoms with Gasteiger partial charge in [-0.15, -0.1) is 0 Å². The Morgan fingerprint density at radius 1 is 1.25 bits per heavy atom. The predicted octanol–water partition coefficient (Wildman–Crippen LogP) is 1.22.